The molecule has 1 aliphatic rings. The normalized spacial score (nSPS) is 14.5. The summed E-state index contributed by atoms with van der Waals surface area (Å²) in [5.74, 6) is -0.816. The Bertz CT molecular complexity index is 982. The second-order valence-electron chi connectivity index (χ2n) is 6.01. The van der Waals surface area contributed by atoms with Crippen molar-refractivity contribution in [1.29, 1.82) is 0 Å². The summed E-state index contributed by atoms with van der Waals surface area (Å²) in [5, 5.41) is 11.3. The summed E-state index contributed by atoms with van der Waals surface area (Å²) in [4.78, 5) is 26.7. The van der Waals surface area contributed by atoms with E-state index >= 15 is 0 Å². The van der Waals surface area contributed by atoms with Crippen molar-refractivity contribution in [3.63, 3.8) is 0 Å². The molecule has 1 unspecified atom stereocenters. The lowest BCUT2D eigenvalue weighted by molar-refractivity contribution is 0.0925. The van der Waals surface area contributed by atoms with Crippen LogP contribution in [-0.2, 0) is 0 Å². The number of imide groups is 1. The molecule has 0 saturated carbocycles. The molecule has 0 fully saturated rings. The number of halogens is 1. The van der Waals surface area contributed by atoms with Gasteiger partial charge in [-0.15, -0.1) is 0 Å². The highest BCUT2D eigenvalue weighted by atomic mass is 35.5. The molecule has 5 heteroatoms. The number of hydrogen-bond donors (Lipinski definition) is 1. The van der Waals surface area contributed by atoms with Crippen molar-refractivity contribution in [2.75, 3.05) is 4.90 Å². The standard InChI is InChI=1S/C21H14ClNO3/c22-14-10-11-18(17(12-14)19(24)13-6-2-1-3-7-13)23-20(25)15-8-4-5-9-16(15)21(23)26/h1-12,19,24H. The van der Waals surface area contributed by atoms with E-state index in [-0.39, 0.29) is 0 Å². The molecule has 0 aromatic heterocycles. The predicted molar refractivity (Wildman–Crippen MR) is 99.5 cm³/mol. The van der Waals surface area contributed by atoms with Gasteiger partial charge in [0.25, 0.3) is 11.8 Å². The first-order valence-corrected chi connectivity index (χ1v) is 8.46. The minimum atomic E-state index is -1.02. The molecule has 3 aromatic carbocycles. The van der Waals surface area contributed by atoms with Crippen molar-refractivity contribution in [1.82, 2.24) is 0 Å². The van der Waals surface area contributed by atoms with Crippen LogP contribution in [0.5, 0.6) is 0 Å². The largest absolute Gasteiger partial charge is 0.384 e. The van der Waals surface area contributed by atoms with Crippen LogP contribution in [0.3, 0.4) is 0 Å². The summed E-state index contributed by atoms with van der Waals surface area (Å²) in [6.45, 7) is 0. The Morgan fingerprint density at radius 3 is 2.00 bits per heavy atom. The third kappa shape index (κ3) is 2.60. The summed E-state index contributed by atoms with van der Waals surface area (Å²) >= 11 is 6.12. The summed E-state index contributed by atoms with van der Waals surface area (Å²) in [7, 11) is 0. The number of fused-ring (bicyclic) bond motifs is 1. The van der Waals surface area contributed by atoms with Crippen LogP contribution in [0.25, 0.3) is 0 Å². The first kappa shape index (κ1) is 16.5. The molecule has 0 spiro atoms. The van der Waals surface area contributed by atoms with Crippen molar-refractivity contribution in [2.24, 2.45) is 0 Å². The van der Waals surface area contributed by atoms with Gasteiger partial charge in [0.15, 0.2) is 0 Å². The fourth-order valence-corrected chi connectivity index (χ4v) is 3.35. The molecule has 1 aliphatic heterocycles. The van der Waals surface area contributed by atoms with Gasteiger partial charge in [0.05, 0.1) is 16.8 Å². The molecule has 128 valence electrons. The number of aliphatic hydroxyl groups excluding tert-OH is 1. The number of carbonyl (C=O) groups is 2. The summed E-state index contributed by atoms with van der Waals surface area (Å²) in [5.41, 5.74) is 2.09. The maximum absolute atomic E-state index is 12.8. The summed E-state index contributed by atoms with van der Waals surface area (Å²) in [6, 6.07) is 20.5. The Morgan fingerprint density at radius 1 is 0.808 bits per heavy atom. The minimum absolute atomic E-state index is 0.331. The first-order chi connectivity index (χ1) is 12.6. The van der Waals surface area contributed by atoms with Crippen molar-refractivity contribution < 1.29 is 14.7 Å². The number of aliphatic hydroxyl groups is 1. The molecule has 2 amide bonds. The van der Waals surface area contributed by atoms with Crippen LogP contribution in [-0.4, -0.2) is 16.9 Å². The van der Waals surface area contributed by atoms with Gasteiger partial charge in [0, 0.05) is 10.6 Å². The van der Waals surface area contributed by atoms with Crippen LogP contribution in [0.15, 0.2) is 72.8 Å². The van der Waals surface area contributed by atoms with Crippen molar-refractivity contribution in [3.8, 4) is 0 Å². The van der Waals surface area contributed by atoms with Gasteiger partial charge in [-0.2, -0.15) is 0 Å². The monoisotopic (exact) mass is 363 g/mol. The Morgan fingerprint density at radius 2 is 1.38 bits per heavy atom. The van der Waals surface area contributed by atoms with E-state index in [0.717, 1.165) is 4.90 Å². The second-order valence-corrected chi connectivity index (χ2v) is 6.44. The van der Waals surface area contributed by atoms with Gasteiger partial charge in [-0.3, -0.25) is 9.59 Å². The van der Waals surface area contributed by atoms with E-state index in [1.807, 2.05) is 18.2 Å². The molecular weight excluding hydrogens is 350 g/mol. The number of benzene rings is 3. The molecule has 0 aliphatic carbocycles. The van der Waals surface area contributed by atoms with E-state index in [4.69, 9.17) is 11.6 Å². The predicted octanol–water partition coefficient (Wildman–Crippen LogP) is 4.22. The maximum Gasteiger partial charge on any atom is 0.266 e. The van der Waals surface area contributed by atoms with Crippen molar-refractivity contribution in [3.05, 3.63) is 100 Å². The van der Waals surface area contributed by atoms with Crippen LogP contribution in [0, 0.1) is 0 Å². The van der Waals surface area contributed by atoms with Crippen LogP contribution in [0.1, 0.15) is 37.9 Å². The third-order valence-electron chi connectivity index (χ3n) is 4.43. The zero-order valence-corrected chi connectivity index (χ0v) is 14.4. The fourth-order valence-electron chi connectivity index (χ4n) is 3.17. The van der Waals surface area contributed by atoms with Gasteiger partial charge in [-0.05, 0) is 35.9 Å². The molecule has 26 heavy (non-hydrogen) atoms. The molecular formula is C21H14ClNO3. The molecule has 0 radical (unpaired) electrons. The SMILES string of the molecule is O=C1c2ccccc2C(=O)N1c1ccc(Cl)cc1C(O)c1ccccc1. The molecule has 1 N–H and O–H groups in total. The number of anilines is 1. The topological polar surface area (TPSA) is 57.6 Å². The number of carbonyl (C=O) groups excluding carboxylic acids is 2. The fraction of sp³-hybridized carbons (Fsp3) is 0.0476. The van der Waals surface area contributed by atoms with E-state index in [0.29, 0.717) is 33.0 Å². The Kier molecular flexibility index (Phi) is 4.07. The van der Waals surface area contributed by atoms with Crippen molar-refractivity contribution in [2.45, 2.75) is 6.10 Å². The van der Waals surface area contributed by atoms with E-state index < -0.39 is 17.9 Å². The highest BCUT2D eigenvalue weighted by Crippen LogP contribution is 2.37. The van der Waals surface area contributed by atoms with Crippen LogP contribution in [0.4, 0.5) is 5.69 Å². The smallest absolute Gasteiger partial charge is 0.266 e. The lowest BCUT2D eigenvalue weighted by atomic mass is 9.99. The first-order valence-electron chi connectivity index (χ1n) is 8.08. The molecule has 3 aromatic rings. The van der Waals surface area contributed by atoms with E-state index in [1.54, 1.807) is 54.6 Å². The molecule has 4 rings (SSSR count). The Balaban J connectivity index is 1.84. The second kappa shape index (κ2) is 6.41. The number of nitrogens with zero attached hydrogens (tertiary/aromatic N) is 1. The van der Waals surface area contributed by atoms with Gasteiger partial charge < -0.3 is 5.11 Å². The lowest BCUT2D eigenvalue weighted by Crippen LogP contribution is -2.30. The zero-order chi connectivity index (χ0) is 18.3. The molecule has 4 nitrogen and oxygen atoms in total. The van der Waals surface area contributed by atoms with E-state index in [9.17, 15) is 14.7 Å². The van der Waals surface area contributed by atoms with Gasteiger partial charge in [0.1, 0.15) is 6.10 Å². The van der Waals surface area contributed by atoms with Gasteiger partial charge >= 0.3 is 0 Å². The van der Waals surface area contributed by atoms with Crippen molar-refractivity contribution >= 4 is 29.1 Å². The average molecular weight is 364 g/mol. The van der Waals surface area contributed by atoms with Gasteiger partial charge in [0.2, 0.25) is 0 Å². The van der Waals surface area contributed by atoms with E-state index in [1.165, 1.54) is 0 Å². The highest BCUT2D eigenvalue weighted by Gasteiger charge is 2.38. The maximum atomic E-state index is 12.8. The third-order valence-corrected chi connectivity index (χ3v) is 4.67. The average Bonchev–Trinajstić information content (AvgIpc) is 2.93. The summed E-state index contributed by atoms with van der Waals surface area (Å²) < 4.78 is 0. The van der Waals surface area contributed by atoms with Gasteiger partial charge in [-0.1, -0.05) is 54.1 Å². The number of rotatable bonds is 3. The van der Waals surface area contributed by atoms with Crippen LogP contribution >= 0.6 is 11.6 Å². The number of amides is 2. The molecule has 0 saturated heterocycles. The minimum Gasteiger partial charge on any atom is -0.384 e. The lowest BCUT2D eigenvalue weighted by Gasteiger charge is -2.22. The quantitative estimate of drug-likeness (QED) is 0.709. The molecule has 1 heterocycles. The molecule has 1 atom stereocenters. The molecule has 0 bridgehead atoms. The zero-order valence-electron chi connectivity index (χ0n) is 13.6. The van der Waals surface area contributed by atoms with Crippen LogP contribution in [0.2, 0.25) is 5.02 Å². The Labute approximate surface area is 155 Å². The summed E-state index contributed by atoms with van der Waals surface area (Å²) in [6.07, 6.45) is -1.02. The van der Waals surface area contributed by atoms with Crippen LogP contribution < -0.4 is 4.90 Å². The Hall–Kier alpha value is -2.95. The highest BCUT2D eigenvalue weighted by molar-refractivity contribution is 6.35. The van der Waals surface area contributed by atoms with E-state index in [2.05, 4.69) is 0 Å². The van der Waals surface area contributed by atoms with Gasteiger partial charge in [-0.25, -0.2) is 4.90 Å². The number of hydrogen-bond acceptors (Lipinski definition) is 3.